The van der Waals surface area contributed by atoms with Crippen LogP contribution in [-0.4, -0.2) is 44.6 Å². The van der Waals surface area contributed by atoms with Gasteiger partial charge >= 0.3 is 10.8 Å². The number of nitrogens with zero attached hydrogens (tertiary/aromatic N) is 1. The van der Waals surface area contributed by atoms with E-state index in [1.54, 1.807) is 11.8 Å². The van der Waals surface area contributed by atoms with Crippen LogP contribution in [0.4, 0.5) is 0 Å². The zero-order valence-electron chi connectivity index (χ0n) is 16.0. The third-order valence-corrected chi connectivity index (χ3v) is 10.5. The van der Waals surface area contributed by atoms with Crippen LogP contribution in [0.25, 0.3) is 0 Å². The molecule has 4 aliphatic rings. The topological polar surface area (TPSA) is 108 Å². The average molecular weight is 521 g/mol. The van der Waals surface area contributed by atoms with Crippen LogP contribution in [0.15, 0.2) is 38.6 Å². The van der Waals surface area contributed by atoms with Crippen molar-refractivity contribution in [2.45, 2.75) is 22.6 Å². The van der Waals surface area contributed by atoms with E-state index >= 15 is 0 Å². The van der Waals surface area contributed by atoms with Crippen molar-refractivity contribution in [2.24, 2.45) is 29.6 Å². The average Bonchev–Trinajstić information content (AvgIpc) is 3.44. The van der Waals surface area contributed by atoms with E-state index in [2.05, 4.69) is 33.0 Å². The van der Waals surface area contributed by atoms with Crippen LogP contribution < -0.4 is 4.87 Å². The molecule has 0 spiro atoms. The zero-order chi connectivity index (χ0) is 21.6. The predicted octanol–water partition coefficient (Wildman–Crippen LogP) is 2.76. The Balaban J connectivity index is 1.45. The van der Waals surface area contributed by atoms with Crippen LogP contribution in [0.1, 0.15) is 22.8 Å². The highest BCUT2D eigenvalue weighted by Gasteiger charge is 2.69. The first-order chi connectivity index (χ1) is 14.8. The minimum absolute atomic E-state index is 0.00161. The molecule has 10 heteroatoms. The number of carbonyl (C=O) groups excluding carboxylic acids is 2. The number of carboxylic acid groups (broad SMARTS) is 1. The summed E-state index contributed by atoms with van der Waals surface area (Å²) in [6.07, 6.45) is 0.794. The molecule has 3 fully saturated rings. The highest BCUT2D eigenvalue weighted by atomic mass is 79.9. The van der Waals surface area contributed by atoms with E-state index < -0.39 is 24.3 Å². The van der Waals surface area contributed by atoms with Gasteiger partial charge in [-0.15, -0.1) is 11.8 Å². The molecule has 31 heavy (non-hydrogen) atoms. The molecule has 2 amide bonds. The molecule has 2 N–H and O–H groups in total. The van der Waals surface area contributed by atoms with Gasteiger partial charge in [-0.1, -0.05) is 39.4 Å². The van der Waals surface area contributed by atoms with E-state index in [9.17, 15) is 19.2 Å². The molecule has 2 aliphatic heterocycles. The van der Waals surface area contributed by atoms with Gasteiger partial charge in [0.25, 0.3) is 0 Å². The second-order valence-electron chi connectivity index (χ2n) is 8.67. The number of amides is 2. The monoisotopic (exact) mass is 520 g/mol. The molecule has 160 valence electrons. The quantitative estimate of drug-likeness (QED) is 0.602. The van der Waals surface area contributed by atoms with Gasteiger partial charge < -0.3 is 10.1 Å². The van der Waals surface area contributed by atoms with E-state index in [4.69, 9.17) is 5.11 Å². The van der Waals surface area contributed by atoms with Gasteiger partial charge in [-0.3, -0.25) is 24.1 Å². The number of nitrogens with one attached hydrogen (secondary N) is 1. The number of aliphatic carboxylic acids is 1. The Hall–Kier alpha value is -1.91. The van der Waals surface area contributed by atoms with Crippen molar-refractivity contribution in [3.05, 3.63) is 48.8 Å². The summed E-state index contributed by atoms with van der Waals surface area (Å²) in [5, 5.41) is 10.1. The van der Waals surface area contributed by atoms with Gasteiger partial charge in [-0.05, 0) is 41.9 Å². The van der Waals surface area contributed by atoms with Crippen LogP contribution >= 0.6 is 39.0 Å². The summed E-state index contributed by atoms with van der Waals surface area (Å²) < 4.78 is 0.967. The molecule has 0 unspecified atom stereocenters. The molecular formula is C21H17BrN2O5S2. The fourth-order valence-corrected chi connectivity index (χ4v) is 9.57. The van der Waals surface area contributed by atoms with E-state index in [0.29, 0.717) is 0 Å². The number of aromatic nitrogens is 1. The van der Waals surface area contributed by atoms with Crippen LogP contribution in [0.3, 0.4) is 0 Å². The van der Waals surface area contributed by atoms with Crippen LogP contribution in [0, 0.1) is 29.6 Å². The maximum absolute atomic E-state index is 13.1. The molecule has 0 radical (unpaired) electrons. The fourth-order valence-electron chi connectivity index (χ4n) is 6.41. The van der Waals surface area contributed by atoms with Crippen molar-refractivity contribution in [1.82, 2.24) is 9.88 Å². The number of H-pyrrole nitrogens is 1. The van der Waals surface area contributed by atoms with E-state index in [0.717, 1.165) is 31.3 Å². The van der Waals surface area contributed by atoms with Crippen LogP contribution in [0.5, 0.6) is 0 Å². The number of halogens is 1. The van der Waals surface area contributed by atoms with Crippen molar-refractivity contribution in [3.8, 4) is 0 Å². The smallest absolute Gasteiger partial charge is 0.323 e. The standard InChI is InChI=1S/C21H17BrN2O5S2/c22-8-3-1-7(2-4-8)12-13-9-5-10(16(13)30-18-17(12)31-21(29)23-18)15-14(9)19(27)24(20(15)28)6-11(25)26/h1-4,9-10,12-16H,5-6H2,(H,23,29)(H,25,26)/t9-,10+,12+,13+,14+,15+,16-/m0/s1. The lowest BCUT2D eigenvalue weighted by Gasteiger charge is -2.43. The predicted molar refractivity (Wildman–Crippen MR) is 117 cm³/mol. The number of aromatic amines is 1. The number of thiazole rings is 1. The Morgan fingerprint density at radius 1 is 1.13 bits per heavy atom. The van der Waals surface area contributed by atoms with Crippen molar-refractivity contribution in [3.63, 3.8) is 0 Å². The Bertz CT molecular complexity index is 1190. The van der Waals surface area contributed by atoms with E-state index in [1.165, 1.54) is 11.3 Å². The summed E-state index contributed by atoms with van der Waals surface area (Å²) in [4.78, 5) is 54.4. The molecule has 2 aliphatic carbocycles. The third-order valence-electron chi connectivity index (χ3n) is 7.34. The normalized spacial score (nSPS) is 35.3. The molecule has 6 rings (SSSR count). The van der Waals surface area contributed by atoms with Gasteiger partial charge in [0.2, 0.25) is 11.8 Å². The van der Waals surface area contributed by atoms with Gasteiger partial charge in [0, 0.05) is 20.5 Å². The minimum Gasteiger partial charge on any atom is -0.480 e. The first kappa shape index (κ1) is 19.8. The number of carboxylic acids is 1. The van der Waals surface area contributed by atoms with Crippen LogP contribution in [0.2, 0.25) is 0 Å². The summed E-state index contributed by atoms with van der Waals surface area (Å²) in [6.45, 7) is -0.566. The number of imide groups is 1. The van der Waals surface area contributed by atoms with Crippen molar-refractivity contribution in [1.29, 1.82) is 0 Å². The van der Waals surface area contributed by atoms with Gasteiger partial charge in [0.1, 0.15) is 6.54 Å². The Kier molecular flexibility index (Phi) is 4.33. The maximum atomic E-state index is 13.1. The van der Waals surface area contributed by atoms with Crippen molar-refractivity contribution < 1.29 is 19.5 Å². The number of rotatable bonds is 3. The molecule has 1 aromatic carbocycles. The molecule has 2 aromatic rings. The molecular weight excluding hydrogens is 504 g/mol. The number of benzene rings is 1. The fraction of sp³-hybridized carbons (Fsp3) is 0.429. The number of carbonyl (C=O) groups is 3. The maximum Gasteiger partial charge on any atom is 0.323 e. The third kappa shape index (κ3) is 2.70. The van der Waals surface area contributed by atoms with Gasteiger partial charge in [0.15, 0.2) is 0 Å². The highest BCUT2D eigenvalue weighted by Crippen LogP contribution is 2.68. The van der Waals surface area contributed by atoms with Gasteiger partial charge in [0.05, 0.1) is 16.9 Å². The Morgan fingerprint density at radius 2 is 1.81 bits per heavy atom. The SMILES string of the molecule is O=C(O)CN1C(=O)[C@@H]2[C@H]3C[C@@H]([C@@H]4Sc5[nH]c(=O)sc5[C@H](c5ccc(Br)cc5)[C@@H]34)[C@H]2C1=O. The first-order valence-corrected chi connectivity index (χ1v) is 12.6. The lowest BCUT2D eigenvalue weighted by atomic mass is 9.68. The number of likely N-dealkylation sites (tertiary alicyclic amines) is 1. The number of thioether (sulfide) groups is 1. The van der Waals surface area contributed by atoms with Crippen molar-refractivity contribution >= 4 is 56.8 Å². The molecule has 3 heterocycles. The lowest BCUT2D eigenvalue weighted by Crippen LogP contribution is -2.42. The summed E-state index contributed by atoms with van der Waals surface area (Å²) in [6, 6.07) is 8.07. The first-order valence-electron chi connectivity index (χ1n) is 10.1. The highest BCUT2D eigenvalue weighted by molar-refractivity contribution is 9.10. The number of hydrogen-bond acceptors (Lipinski definition) is 6. The molecule has 7 atom stereocenters. The molecule has 2 bridgehead atoms. The van der Waals surface area contributed by atoms with Gasteiger partial charge in [-0.2, -0.15) is 0 Å². The second-order valence-corrected chi connectivity index (χ2v) is 11.8. The largest absolute Gasteiger partial charge is 0.480 e. The minimum atomic E-state index is -1.17. The second kappa shape index (κ2) is 6.79. The Morgan fingerprint density at radius 3 is 2.48 bits per heavy atom. The Labute approximate surface area is 193 Å². The van der Waals surface area contributed by atoms with E-state index in [1.807, 2.05) is 12.1 Å². The molecule has 1 saturated heterocycles. The van der Waals surface area contributed by atoms with Crippen molar-refractivity contribution in [2.75, 3.05) is 6.54 Å². The number of hydrogen-bond donors (Lipinski definition) is 2. The molecule has 1 aromatic heterocycles. The summed E-state index contributed by atoms with van der Waals surface area (Å²) in [5.41, 5.74) is 1.10. The van der Waals surface area contributed by atoms with Gasteiger partial charge in [-0.25, -0.2) is 0 Å². The number of fused-ring (bicyclic) bond motifs is 9. The van der Waals surface area contributed by atoms with E-state index in [-0.39, 0.29) is 45.6 Å². The van der Waals surface area contributed by atoms with Crippen LogP contribution in [-0.2, 0) is 14.4 Å². The lowest BCUT2D eigenvalue weighted by molar-refractivity contribution is -0.149. The molecule has 7 nitrogen and oxygen atoms in total. The summed E-state index contributed by atoms with van der Waals surface area (Å²) in [5.74, 6) is -2.63. The summed E-state index contributed by atoms with van der Waals surface area (Å²) in [7, 11) is 0. The molecule has 2 saturated carbocycles. The summed E-state index contributed by atoms with van der Waals surface area (Å²) >= 11 is 6.33. The zero-order valence-corrected chi connectivity index (χ0v) is 19.2.